The predicted octanol–water partition coefficient (Wildman–Crippen LogP) is 1.28. The van der Waals surface area contributed by atoms with Crippen LogP contribution in [0.15, 0.2) is 24.3 Å². The third-order valence-corrected chi connectivity index (χ3v) is 3.32. The molecule has 3 N–H and O–H groups in total. The zero-order valence-corrected chi connectivity index (χ0v) is 13.5. The Morgan fingerprint density at radius 1 is 1.19 bits per heavy atom. The molecule has 0 fully saturated rings. The maximum absolute atomic E-state index is 10.1. The van der Waals surface area contributed by atoms with Crippen LogP contribution in [0.2, 0.25) is 0 Å². The molecule has 1 atom stereocenters. The van der Waals surface area contributed by atoms with Gasteiger partial charge in [-0.25, -0.2) is 0 Å². The van der Waals surface area contributed by atoms with Crippen molar-refractivity contribution in [2.75, 3.05) is 52.6 Å². The van der Waals surface area contributed by atoms with Gasteiger partial charge in [-0.1, -0.05) is 6.92 Å². The second kappa shape index (κ2) is 9.60. The number of anilines is 1. The molecule has 0 aromatic heterocycles. The fourth-order valence-electron chi connectivity index (χ4n) is 2.10. The summed E-state index contributed by atoms with van der Waals surface area (Å²) in [4.78, 5) is 4.43. The van der Waals surface area contributed by atoms with Gasteiger partial charge >= 0.3 is 0 Å². The number of nitrogens with zero attached hydrogens (tertiary/aromatic N) is 2. The van der Waals surface area contributed by atoms with E-state index in [1.807, 2.05) is 12.1 Å². The zero-order valence-electron chi connectivity index (χ0n) is 13.5. The van der Waals surface area contributed by atoms with Crippen molar-refractivity contribution in [3.63, 3.8) is 0 Å². The Morgan fingerprint density at radius 3 is 2.43 bits per heavy atom. The average Bonchev–Trinajstić information content (AvgIpc) is 2.45. The van der Waals surface area contributed by atoms with Crippen molar-refractivity contribution in [3.05, 3.63) is 24.3 Å². The Kier molecular flexibility index (Phi) is 8.12. The van der Waals surface area contributed by atoms with Gasteiger partial charge in [0.25, 0.3) is 0 Å². The van der Waals surface area contributed by atoms with E-state index < -0.39 is 6.10 Å². The smallest absolute Gasteiger partial charge is 0.119 e. The lowest BCUT2D eigenvalue weighted by molar-refractivity contribution is 0.0689. The van der Waals surface area contributed by atoms with E-state index in [-0.39, 0.29) is 0 Å². The second-order valence-corrected chi connectivity index (χ2v) is 5.58. The molecule has 21 heavy (non-hydrogen) atoms. The van der Waals surface area contributed by atoms with Gasteiger partial charge in [-0.05, 0) is 64.4 Å². The van der Waals surface area contributed by atoms with E-state index in [1.54, 1.807) is 12.1 Å². The summed E-state index contributed by atoms with van der Waals surface area (Å²) in [5.74, 6) is 0.735. The molecule has 1 aromatic carbocycles. The zero-order chi connectivity index (χ0) is 15.7. The predicted molar refractivity (Wildman–Crippen MR) is 87.6 cm³/mol. The number of rotatable bonds is 10. The molecule has 0 aliphatic rings. The van der Waals surface area contributed by atoms with Crippen molar-refractivity contribution in [1.29, 1.82) is 0 Å². The van der Waals surface area contributed by atoms with Crippen LogP contribution in [0.4, 0.5) is 5.69 Å². The average molecular weight is 295 g/mol. The molecule has 0 aliphatic heterocycles. The van der Waals surface area contributed by atoms with E-state index in [9.17, 15) is 5.11 Å². The third kappa shape index (κ3) is 7.90. The van der Waals surface area contributed by atoms with Crippen LogP contribution in [-0.4, -0.2) is 67.9 Å². The van der Waals surface area contributed by atoms with Gasteiger partial charge in [0.1, 0.15) is 18.5 Å². The molecule has 120 valence electrons. The number of likely N-dealkylation sites (N-methyl/N-ethyl adjacent to an activating group) is 1. The SMILES string of the molecule is CCN(CCCN(C)C)CC(O)COc1ccc(N)cc1. The van der Waals surface area contributed by atoms with Gasteiger partial charge in [0.05, 0.1) is 0 Å². The van der Waals surface area contributed by atoms with Gasteiger partial charge in [0.2, 0.25) is 0 Å². The maximum Gasteiger partial charge on any atom is 0.119 e. The number of aliphatic hydroxyl groups is 1. The fraction of sp³-hybridized carbons (Fsp3) is 0.625. The molecular weight excluding hydrogens is 266 g/mol. The van der Waals surface area contributed by atoms with Crippen LogP contribution in [0.3, 0.4) is 0 Å². The number of hydrogen-bond acceptors (Lipinski definition) is 5. The summed E-state index contributed by atoms with van der Waals surface area (Å²) >= 11 is 0. The number of benzene rings is 1. The van der Waals surface area contributed by atoms with Gasteiger partial charge in [-0.3, -0.25) is 0 Å². The van der Waals surface area contributed by atoms with Crippen molar-refractivity contribution in [2.24, 2.45) is 0 Å². The van der Waals surface area contributed by atoms with E-state index in [0.29, 0.717) is 18.8 Å². The molecule has 0 saturated heterocycles. The third-order valence-electron chi connectivity index (χ3n) is 3.32. The van der Waals surface area contributed by atoms with Crippen molar-refractivity contribution in [1.82, 2.24) is 9.80 Å². The van der Waals surface area contributed by atoms with E-state index in [2.05, 4.69) is 30.8 Å². The molecule has 1 unspecified atom stereocenters. The summed E-state index contributed by atoms with van der Waals surface area (Å²) in [5, 5.41) is 10.1. The van der Waals surface area contributed by atoms with Crippen molar-refractivity contribution < 1.29 is 9.84 Å². The summed E-state index contributed by atoms with van der Waals surface area (Å²) in [5.41, 5.74) is 6.33. The van der Waals surface area contributed by atoms with Crippen LogP contribution < -0.4 is 10.5 Å². The number of nitrogens with two attached hydrogens (primary N) is 1. The van der Waals surface area contributed by atoms with E-state index in [4.69, 9.17) is 10.5 Å². The monoisotopic (exact) mass is 295 g/mol. The Labute approximate surface area is 128 Å². The first-order valence-electron chi connectivity index (χ1n) is 7.54. The van der Waals surface area contributed by atoms with Crippen LogP contribution in [0.25, 0.3) is 0 Å². The van der Waals surface area contributed by atoms with Gasteiger partial charge in [-0.2, -0.15) is 0 Å². The van der Waals surface area contributed by atoms with Crippen molar-refractivity contribution in [2.45, 2.75) is 19.4 Å². The molecule has 0 amide bonds. The Morgan fingerprint density at radius 2 is 1.86 bits per heavy atom. The highest BCUT2D eigenvalue weighted by Crippen LogP contribution is 2.13. The second-order valence-electron chi connectivity index (χ2n) is 5.58. The Bertz CT molecular complexity index is 382. The highest BCUT2D eigenvalue weighted by Gasteiger charge is 2.11. The molecule has 0 saturated carbocycles. The lowest BCUT2D eigenvalue weighted by Crippen LogP contribution is -2.37. The molecule has 0 heterocycles. The van der Waals surface area contributed by atoms with Crippen LogP contribution in [0.5, 0.6) is 5.75 Å². The van der Waals surface area contributed by atoms with Crippen molar-refractivity contribution in [3.8, 4) is 5.75 Å². The van der Waals surface area contributed by atoms with Gasteiger partial charge < -0.3 is 25.4 Å². The molecular formula is C16H29N3O2. The minimum Gasteiger partial charge on any atom is -0.491 e. The van der Waals surface area contributed by atoms with Crippen LogP contribution >= 0.6 is 0 Å². The Balaban J connectivity index is 2.26. The molecule has 1 aromatic rings. The first-order valence-corrected chi connectivity index (χ1v) is 7.54. The first-order chi connectivity index (χ1) is 10.0. The van der Waals surface area contributed by atoms with E-state index in [0.717, 1.165) is 31.8 Å². The van der Waals surface area contributed by atoms with Crippen LogP contribution in [0.1, 0.15) is 13.3 Å². The van der Waals surface area contributed by atoms with Gasteiger partial charge in [0.15, 0.2) is 0 Å². The molecule has 0 aliphatic carbocycles. The fourth-order valence-corrected chi connectivity index (χ4v) is 2.10. The highest BCUT2D eigenvalue weighted by atomic mass is 16.5. The molecule has 0 bridgehead atoms. The summed E-state index contributed by atoms with van der Waals surface area (Å²) in [7, 11) is 4.15. The number of hydrogen-bond donors (Lipinski definition) is 2. The summed E-state index contributed by atoms with van der Waals surface area (Å²) in [6, 6.07) is 7.22. The minimum absolute atomic E-state index is 0.300. The molecule has 0 spiro atoms. The lowest BCUT2D eigenvalue weighted by atomic mass is 10.3. The number of nitrogen functional groups attached to an aromatic ring is 1. The van der Waals surface area contributed by atoms with Crippen molar-refractivity contribution >= 4 is 5.69 Å². The molecule has 0 radical (unpaired) electrons. The standard InChI is InChI=1S/C16H29N3O2/c1-4-19(11-5-10-18(2)3)12-15(20)13-21-16-8-6-14(17)7-9-16/h6-9,15,20H,4-5,10-13,17H2,1-3H3. The first kappa shape index (κ1) is 17.8. The summed E-state index contributed by atoms with van der Waals surface area (Å²) in [6.07, 6.45) is 0.619. The Hall–Kier alpha value is -1.30. The minimum atomic E-state index is -0.484. The summed E-state index contributed by atoms with van der Waals surface area (Å²) in [6.45, 7) is 6.05. The van der Waals surface area contributed by atoms with Gasteiger partial charge in [0, 0.05) is 12.2 Å². The molecule has 1 rings (SSSR count). The maximum atomic E-state index is 10.1. The van der Waals surface area contributed by atoms with E-state index >= 15 is 0 Å². The topological polar surface area (TPSA) is 62.0 Å². The van der Waals surface area contributed by atoms with Crippen LogP contribution in [-0.2, 0) is 0 Å². The quantitative estimate of drug-likeness (QED) is 0.637. The normalized spacial score (nSPS) is 12.9. The van der Waals surface area contributed by atoms with E-state index in [1.165, 1.54) is 0 Å². The lowest BCUT2D eigenvalue weighted by Gasteiger charge is -2.24. The molecule has 5 nitrogen and oxygen atoms in total. The summed E-state index contributed by atoms with van der Waals surface area (Å²) < 4.78 is 5.57. The largest absolute Gasteiger partial charge is 0.491 e. The van der Waals surface area contributed by atoms with Crippen LogP contribution in [0, 0.1) is 0 Å². The molecule has 5 heteroatoms. The van der Waals surface area contributed by atoms with Gasteiger partial charge in [-0.15, -0.1) is 0 Å². The highest BCUT2D eigenvalue weighted by molar-refractivity contribution is 5.41. The number of ether oxygens (including phenoxy) is 1. The number of aliphatic hydroxyl groups excluding tert-OH is 1.